The number of anilines is 1. The molecule has 1 atom stereocenters. The van der Waals surface area contributed by atoms with Gasteiger partial charge in [-0.3, -0.25) is 4.79 Å². The number of nitrogens with zero attached hydrogens (tertiary/aromatic N) is 1. The quantitative estimate of drug-likeness (QED) is 0.810. The third-order valence-electron chi connectivity index (χ3n) is 4.07. The second-order valence-electron chi connectivity index (χ2n) is 5.68. The maximum absolute atomic E-state index is 12.3. The van der Waals surface area contributed by atoms with E-state index in [1.54, 1.807) is 0 Å². The van der Waals surface area contributed by atoms with Crippen LogP contribution in [0.1, 0.15) is 44.2 Å². The van der Waals surface area contributed by atoms with Gasteiger partial charge in [0.05, 0.1) is 0 Å². The smallest absolute Gasteiger partial charge is 0.290 e. The van der Waals surface area contributed by atoms with Crippen molar-refractivity contribution in [2.45, 2.75) is 46.1 Å². The molecule has 0 unspecified atom stereocenters. The summed E-state index contributed by atoms with van der Waals surface area (Å²) in [4.78, 5) is 12.3. The van der Waals surface area contributed by atoms with Gasteiger partial charge in [-0.2, -0.15) is 4.57 Å². The molecule has 0 aliphatic heterocycles. The highest BCUT2D eigenvalue weighted by Crippen LogP contribution is 2.26. The summed E-state index contributed by atoms with van der Waals surface area (Å²) >= 11 is 0. The fraction of sp³-hybridized carbons (Fsp3) is 0.368. The number of rotatable bonds is 6. The lowest BCUT2D eigenvalue weighted by atomic mass is 9.97. The lowest BCUT2D eigenvalue weighted by Gasteiger charge is -2.14. The zero-order valence-corrected chi connectivity index (χ0v) is 13.7. The molecule has 0 saturated heterocycles. The molecule has 22 heavy (non-hydrogen) atoms. The van der Waals surface area contributed by atoms with E-state index in [0.717, 1.165) is 18.5 Å². The Balaban J connectivity index is 2.05. The van der Waals surface area contributed by atoms with Crippen LogP contribution in [0.15, 0.2) is 48.8 Å². The SMILES string of the molecule is CCc1cc[n+](CC(=O)Nc2ccccc2[C@H](C)CC)cc1. The van der Waals surface area contributed by atoms with Crippen molar-refractivity contribution in [3.05, 3.63) is 59.9 Å². The topological polar surface area (TPSA) is 33.0 Å². The molecule has 0 spiro atoms. The first-order chi connectivity index (χ1) is 10.6. The van der Waals surface area contributed by atoms with Crippen LogP contribution in [-0.4, -0.2) is 5.91 Å². The zero-order valence-electron chi connectivity index (χ0n) is 13.7. The molecule has 1 aromatic heterocycles. The summed E-state index contributed by atoms with van der Waals surface area (Å²) in [7, 11) is 0. The number of carbonyl (C=O) groups excluding carboxylic acids is 1. The van der Waals surface area contributed by atoms with Gasteiger partial charge in [0.25, 0.3) is 5.91 Å². The average molecular weight is 297 g/mol. The van der Waals surface area contributed by atoms with Crippen molar-refractivity contribution in [1.29, 1.82) is 0 Å². The van der Waals surface area contributed by atoms with Crippen LogP contribution in [0.3, 0.4) is 0 Å². The largest absolute Gasteiger partial charge is 0.320 e. The number of amides is 1. The zero-order chi connectivity index (χ0) is 15.9. The molecule has 3 nitrogen and oxygen atoms in total. The van der Waals surface area contributed by atoms with E-state index in [0.29, 0.717) is 12.5 Å². The molecule has 1 heterocycles. The normalized spacial score (nSPS) is 12.0. The van der Waals surface area contributed by atoms with Gasteiger partial charge in [-0.1, -0.05) is 39.0 Å². The predicted octanol–water partition coefficient (Wildman–Crippen LogP) is 3.69. The van der Waals surface area contributed by atoms with Crippen molar-refractivity contribution in [2.24, 2.45) is 0 Å². The van der Waals surface area contributed by atoms with Crippen LogP contribution in [-0.2, 0) is 17.8 Å². The van der Waals surface area contributed by atoms with Crippen molar-refractivity contribution in [2.75, 3.05) is 5.32 Å². The van der Waals surface area contributed by atoms with Crippen LogP contribution in [0.25, 0.3) is 0 Å². The first-order valence-electron chi connectivity index (χ1n) is 8.00. The molecule has 2 rings (SSSR count). The molecule has 1 N–H and O–H groups in total. The Kier molecular flexibility index (Phi) is 5.70. The number of para-hydroxylation sites is 1. The fourth-order valence-corrected chi connectivity index (χ4v) is 2.45. The van der Waals surface area contributed by atoms with E-state index in [1.807, 2.05) is 35.2 Å². The lowest BCUT2D eigenvalue weighted by molar-refractivity contribution is -0.684. The Morgan fingerprint density at radius 3 is 2.45 bits per heavy atom. The second kappa shape index (κ2) is 7.74. The fourth-order valence-electron chi connectivity index (χ4n) is 2.45. The number of pyridine rings is 1. The van der Waals surface area contributed by atoms with Crippen LogP contribution < -0.4 is 9.88 Å². The molecule has 3 heteroatoms. The van der Waals surface area contributed by atoms with E-state index < -0.39 is 0 Å². The monoisotopic (exact) mass is 297 g/mol. The highest BCUT2D eigenvalue weighted by molar-refractivity contribution is 5.90. The number of hydrogen-bond donors (Lipinski definition) is 1. The number of benzene rings is 1. The van der Waals surface area contributed by atoms with Crippen molar-refractivity contribution in [1.82, 2.24) is 0 Å². The van der Waals surface area contributed by atoms with Crippen LogP contribution in [0, 0.1) is 0 Å². The minimum atomic E-state index is 0.00463. The number of carbonyl (C=O) groups is 1. The molecule has 1 amide bonds. The summed E-state index contributed by atoms with van der Waals surface area (Å²) in [6, 6.07) is 12.2. The molecular formula is C19H25N2O+. The third kappa shape index (κ3) is 4.17. The third-order valence-corrected chi connectivity index (χ3v) is 4.07. The minimum absolute atomic E-state index is 0.00463. The summed E-state index contributed by atoms with van der Waals surface area (Å²) in [5, 5.41) is 3.04. The van der Waals surface area contributed by atoms with Crippen LogP contribution in [0.2, 0.25) is 0 Å². The van der Waals surface area contributed by atoms with E-state index in [4.69, 9.17) is 0 Å². The van der Waals surface area contributed by atoms with Crippen molar-refractivity contribution in [3.63, 3.8) is 0 Å². The van der Waals surface area contributed by atoms with E-state index in [9.17, 15) is 4.79 Å². The van der Waals surface area contributed by atoms with Crippen LogP contribution in [0.4, 0.5) is 5.69 Å². The summed E-state index contributed by atoms with van der Waals surface area (Å²) in [5.74, 6) is 0.443. The Labute approximate surface area is 133 Å². The molecule has 1 aromatic carbocycles. The molecule has 0 radical (unpaired) electrons. The predicted molar refractivity (Wildman–Crippen MR) is 89.8 cm³/mol. The van der Waals surface area contributed by atoms with Gasteiger partial charge in [0, 0.05) is 17.8 Å². The van der Waals surface area contributed by atoms with E-state index in [1.165, 1.54) is 11.1 Å². The Morgan fingerprint density at radius 1 is 1.14 bits per heavy atom. The molecule has 2 aromatic rings. The highest BCUT2D eigenvalue weighted by Gasteiger charge is 2.13. The second-order valence-corrected chi connectivity index (χ2v) is 5.68. The van der Waals surface area contributed by atoms with Crippen molar-refractivity contribution >= 4 is 11.6 Å². The Hall–Kier alpha value is -2.16. The average Bonchev–Trinajstić information content (AvgIpc) is 2.55. The number of nitrogens with one attached hydrogen (secondary N) is 1. The van der Waals surface area contributed by atoms with Crippen LogP contribution in [0.5, 0.6) is 0 Å². The van der Waals surface area contributed by atoms with Gasteiger partial charge in [0.2, 0.25) is 6.54 Å². The van der Waals surface area contributed by atoms with Gasteiger partial charge in [0.1, 0.15) is 0 Å². The summed E-state index contributed by atoms with van der Waals surface area (Å²) < 4.78 is 1.90. The molecule has 0 aliphatic rings. The molecule has 0 bridgehead atoms. The van der Waals surface area contributed by atoms with Crippen molar-refractivity contribution < 1.29 is 9.36 Å². The van der Waals surface area contributed by atoms with Gasteiger partial charge < -0.3 is 5.32 Å². The summed E-state index contributed by atoms with van der Waals surface area (Å²) in [5.41, 5.74) is 3.40. The standard InChI is InChI=1S/C19H24N2O/c1-4-15(3)17-8-6-7-9-18(17)20-19(22)14-21-12-10-16(5-2)11-13-21/h6-13,15H,4-5,14H2,1-3H3/p+1/t15-/m1/s1. The summed E-state index contributed by atoms with van der Waals surface area (Å²) in [6.07, 6.45) is 5.98. The molecule has 116 valence electrons. The highest BCUT2D eigenvalue weighted by atomic mass is 16.1. The first-order valence-corrected chi connectivity index (χ1v) is 8.00. The van der Waals surface area contributed by atoms with Crippen LogP contribution >= 0.6 is 0 Å². The number of aromatic nitrogens is 1. The van der Waals surface area contributed by atoms with Gasteiger partial charge in [-0.05, 0) is 36.0 Å². The van der Waals surface area contributed by atoms with E-state index in [2.05, 4.69) is 44.3 Å². The Bertz CT molecular complexity index is 620. The first kappa shape index (κ1) is 16.2. The minimum Gasteiger partial charge on any atom is -0.320 e. The maximum Gasteiger partial charge on any atom is 0.290 e. The maximum atomic E-state index is 12.3. The van der Waals surface area contributed by atoms with E-state index >= 15 is 0 Å². The summed E-state index contributed by atoms with van der Waals surface area (Å²) in [6.45, 7) is 6.80. The van der Waals surface area contributed by atoms with Gasteiger partial charge in [0.15, 0.2) is 12.4 Å². The molecule has 0 aliphatic carbocycles. The molecular weight excluding hydrogens is 272 g/mol. The van der Waals surface area contributed by atoms with E-state index in [-0.39, 0.29) is 5.91 Å². The number of aryl methyl sites for hydroxylation is 1. The van der Waals surface area contributed by atoms with Gasteiger partial charge in [-0.25, -0.2) is 0 Å². The Morgan fingerprint density at radius 2 is 1.82 bits per heavy atom. The molecule has 0 saturated carbocycles. The van der Waals surface area contributed by atoms with Gasteiger partial charge >= 0.3 is 0 Å². The lowest BCUT2D eigenvalue weighted by Crippen LogP contribution is -2.39. The number of hydrogen-bond acceptors (Lipinski definition) is 1. The van der Waals surface area contributed by atoms with Gasteiger partial charge in [-0.15, -0.1) is 0 Å². The van der Waals surface area contributed by atoms with Crippen molar-refractivity contribution in [3.8, 4) is 0 Å². The molecule has 0 fully saturated rings.